The molecule has 0 spiro atoms. The fourth-order valence-corrected chi connectivity index (χ4v) is 6.61. The van der Waals surface area contributed by atoms with Gasteiger partial charge in [-0.25, -0.2) is 0 Å². The molecule has 0 unspecified atom stereocenters. The molecule has 0 bridgehead atoms. The Balaban J connectivity index is 1.35. The van der Waals surface area contributed by atoms with Crippen LogP contribution in [-0.2, 0) is 6.18 Å². The van der Waals surface area contributed by atoms with Crippen molar-refractivity contribution in [3.05, 3.63) is 34.3 Å². The van der Waals surface area contributed by atoms with Crippen LogP contribution in [-0.4, -0.2) is 0 Å². The number of hydrogen-bond acceptors (Lipinski definition) is 0. The summed E-state index contributed by atoms with van der Waals surface area (Å²) in [6, 6.07) is 3.92. The first-order chi connectivity index (χ1) is 15.4. The Morgan fingerprint density at radius 3 is 1.91 bits per heavy atom. The minimum absolute atomic E-state index is 0.286. The summed E-state index contributed by atoms with van der Waals surface area (Å²) in [5.41, 5.74) is 0.268. The van der Waals surface area contributed by atoms with Crippen molar-refractivity contribution in [3.63, 3.8) is 0 Å². The van der Waals surface area contributed by atoms with Gasteiger partial charge in [-0.1, -0.05) is 88.8 Å². The van der Waals surface area contributed by atoms with Gasteiger partial charge in [0.15, 0.2) is 0 Å². The van der Waals surface area contributed by atoms with Gasteiger partial charge in [-0.2, -0.15) is 13.2 Å². The number of benzene rings is 1. The molecule has 1 aromatic rings. The highest BCUT2D eigenvalue weighted by molar-refractivity contribution is 6.31. The highest BCUT2D eigenvalue weighted by Crippen LogP contribution is 2.46. The summed E-state index contributed by atoms with van der Waals surface area (Å²) in [5.74, 6) is 2.93. The summed E-state index contributed by atoms with van der Waals surface area (Å²) in [6.07, 6.45) is 17.0. The topological polar surface area (TPSA) is 0 Å². The molecule has 4 heteroatoms. The molecule has 182 valence electrons. The van der Waals surface area contributed by atoms with Crippen LogP contribution in [0.2, 0.25) is 5.02 Å². The zero-order valence-corrected chi connectivity index (χ0v) is 20.6. The van der Waals surface area contributed by atoms with Crippen molar-refractivity contribution in [2.24, 2.45) is 17.8 Å². The van der Waals surface area contributed by atoms with Crippen LogP contribution in [0.3, 0.4) is 0 Å². The maximum atomic E-state index is 12.9. The van der Waals surface area contributed by atoms with Crippen LogP contribution in [0.4, 0.5) is 13.2 Å². The lowest BCUT2D eigenvalue weighted by Gasteiger charge is -2.38. The van der Waals surface area contributed by atoms with Gasteiger partial charge in [0.05, 0.1) is 5.56 Å². The number of hydrogen-bond donors (Lipinski definition) is 0. The van der Waals surface area contributed by atoms with Crippen molar-refractivity contribution in [2.45, 2.75) is 122 Å². The van der Waals surface area contributed by atoms with E-state index in [4.69, 9.17) is 11.6 Å². The van der Waals surface area contributed by atoms with Crippen LogP contribution >= 0.6 is 11.6 Å². The summed E-state index contributed by atoms with van der Waals surface area (Å²) in [7, 11) is 0. The van der Waals surface area contributed by atoms with Gasteiger partial charge < -0.3 is 0 Å². The molecule has 2 saturated carbocycles. The van der Waals surface area contributed by atoms with Gasteiger partial charge in [-0.15, -0.1) is 0 Å². The molecule has 0 aliphatic heterocycles. The molecule has 2 aliphatic carbocycles. The van der Waals surface area contributed by atoms with Gasteiger partial charge in [0.2, 0.25) is 0 Å². The van der Waals surface area contributed by atoms with E-state index in [0.29, 0.717) is 5.92 Å². The van der Waals surface area contributed by atoms with E-state index < -0.39 is 11.7 Å². The first kappa shape index (κ1) is 25.9. The van der Waals surface area contributed by atoms with E-state index in [1.807, 2.05) is 0 Å². The van der Waals surface area contributed by atoms with Gasteiger partial charge >= 0.3 is 6.18 Å². The third-order valence-electron chi connectivity index (χ3n) is 8.31. The molecule has 0 saturated heterocycles. The lowest BCUT2D eigenvalue weighted by Crippen LogP contribution is -2.25. The second-order valence-electron chi connectivity index (χ2n) is 10.5. The fraction of sp³-hybridized carbons (Fsp3) is 0.786. The second-order valence-corrected chi connectivity index (χ2v) is 10.9. The lowest BCUT2D eigenvalue weighted by molar-refractivity contribution is -0.137. The van der Waals surface area contributed by atoms with Gasteiger partial charge in [-0.3, -0.25) is 0 Å². The maximum Gasteiger partial charge on any atom is 0.416 e. The average molecular weight is 471 g/mol. The summed E-state index contributed by atoms with van der Waals surface area (Å²) < 4.78 is 38.7. The number of alkyl halides is 3. The van der Waals surface area contributed by atoms with Gasteiger partial charge in [0.1, 0.15) is 0 Å². The molecule has 0 radical (unpaired) electrons. The Kier molecular flexibility index (Phi) is 10.3. The predicted octanol–water partition coefficient (Wildman–Crippen LogP) is 10.6. The van der Waals surface area contributed by atoms with Crippen LogP contribution in [0.5, 0.6) is 0 Å². The molecule has 0 aromatic heterocycles. The molecular weight excluding hydrogens is 429 g/mol. The molecule has 0 amide bonds. The Morgan fingerprint density at radius 1 is 0.781 bits per heavy atom. The smallest absolute Gasteiger partial charge is 0.166 e. The summed E-state index contributed by atoms with van der Waals surface area (Å²) in [6.45, 7) is 2.27. The molecule has 32 heavy (non-hydrogen) atoms. The van der Waals surface area contributed by atoms with E-state index in [1.54, 1.807) is 6.07 Å². The largest absolute Gasteiger partial charge is 0.416 e. The molecule has 1 aromatic carbocycles. The van der Waals surface area contributed by atoms with Crippen molar-refractivity contribution >= 4 is 11.6 Å². The van der Waals surface area contributed by atoms with Crippen LogP contribution in [0.25, 0.3) is 0 Å². The normalized spacial score (nSPS) is 26.9. The third kappa shape index (κ3) is 7.67. The predicted molar refractivity (Wildman–Crippen MR) is 129 cm³/mol. The lowest BCUT2D eigenvalue weighted by atomic mass is 9.68. The molecular formula is C28H42ClF3. The number of halogens is 4. The van der Waals surface area contributed by atoms with Crippen molar-refractivity contribution in [3.8, 4) is 0 Å². The maximum absolute atomic E-state index is 12.9. The highest BCUT2D eigenvalue weighted by atomic mass is 35.5. The number of unbranched alkanes of at least 4 members (excludes halogenated alkanes) is 6. The van der Waals surface area contributed by atoms with Gasteiger partial charge in [0, 0.05) is 5.02 Å². The second kappa shape index (κ2) is 12.7. The van der Waals surface area contributed by atoms with Crippen molar-refractivity contribution in [1.82, 2.24) is 0 Å². The Bertz CT molecular complexity index is 668. The Hall–Kier alpha value is -0.700. The molecule has 2 fully saturated rings. The monoisotopic (exact) mass is 470 g/mol. The van der Waals surface area contributed by atoms with E-state index in [0.717, 1.165) is 42.2 Å². The van der Waals surface area contributed by atoms with Crippen molar-refractivity contribution < 1.29 is 13.2 Å². The van der Waals surface area contributed by atoms with Crippen molar-refractivity contribution in [1.29, 1.82) is 0 Å². The van der Waals surface area contributed by atoms with E-state index >= 15 is 0 Å². The number of rotatable bonds is 10. The van der Waals surface area contributed by atoms with Crippen LogP contribution in [0, 0.1) is 17.8 Å². The zero-order valence-electron chi connectivity index (χ0n) is 19.9. The van der Waals surface area contributed by atoms with E-state index in [-0.39, 0.29) is 5.02 Å². The summed E-state index contributed by atoms with van der Waals surface area (Å²) in [5, 5.41) is 0.286. The summed E-state index contributed by atoms with van der Waals surface area (Å²) >= 11 is 6.25. The molecule has 0 heterocycles. The SMILES string of the molecule is CCCCCCCCCC1CCC(C2CCC(c3ccc(C(F)(F)F)cc3Cl)CC2)CC1. The van der Waals surface area contributed by atoms with Gasteiger partial charge in [0.25, 0.3) is 0 Å². The van der Waals surface area contributed by atoms with Crippen LogP contribution < -0.4 is 0 Å². The minimum Gasteiger partial charge on any atom is -0.166 e. The van der Waals surface area contributed by atoms with Crippen molar-refractivity contribution in [2.75, 3.05) is 0 Å². The highest BCUT2D eigenvalue weighted by Gasteiger charge is 2.34. The van der Waals surface area contributed by atoms with E-state index in [1.165, 1.54) is 96.0 Å². The van der Waals surface area contributed by atoms with E-state index in [2.05, 4.69) is 6.92 Å². The van der Waals surface area contributed by atoms with E-state index in [9.17, 15) is 13.2 Å². The molecule has 0 nitrogen and oxygen atoms in total. The Morgan fingerprint density at radius 2 is 1.34 bits per heavy atom. The fourth-order valence-electron chi connectivity index (χ4n) is 6.27. The molecule has 2 aliphatic rings. The van der Waals surface area contributed by atoms with Crippen LogP contribution in [0.15, 0.2) is 18.2 Å². The first-order valence-corrected chi connectivity index (χ1v) is 13.6. The van der Waals surface area contributed by atoms with Gasteiger partial charge in [-0.05, 0) is 79.9 Å². The minimum atomic E-state index is -4.33. The molecule has 0 N–H and O–H groups in total. The third-order valence-corrected chi connectivity index (χ3v) is 8.64. The first-order valence-electron chi connectivity index (χ1n) is 13.2. The van der Waals surface area contributed by atoms with Crippen LogP contribution in [0.1, 0.15) is 127 Å². The average Bonchev–Trinajstić information content (AvgIpc) is 2.78. The molecule has 3 rings (SSSR count). The zero-order chi connectivity index (χ0) is 23.0. The summed E-state index contributed by atoms with van der Waals surface area (Å²) in [4.78, 5) is 0. The quantitative estimate of drug-likeness (QED) is 0.298. The standard InChI is InChI=1S/C28H42ClF3/c1-2-3-4-5-6-7-8-9-21-10-12-22(13-11-21)23-14-16-24(17-15-23)26-19-18-25(20-27(26)29)28(30,31)32/h18-24H,2-17H2,1H3. The Labute approximate surface area is 198 Å². The molecule has 0 atom stereocenters.